The zero-order valence-corrected chi connectivity index (χ0v) is 9.64. The van der Waals surface area contributed by atoms with Gasteiger partial charge in [-0.2, -0.15) is 0 Å². The summed E-state index contributed by atoms with van der Waals surface area (Å²) >= 11 is 0. The number of phenols is 1. The van der Waals surface area contributed by atoms with Crippen molar-refractivity contribution < 1.29 is 28.9 Å². The molecule has 1 rings (SSSR count). The fourth-order valence-electron chi connectivity index (χ4n) is 1.29. The molecule has 0 saturated carbocycles. The van der Waals surface area contributed by atoms with Crippen molar-refractivity contribution in [2.75, 3.05) is 21.3 Å². The Morgan fingerprint density at radius 1 is 1.00 bits per heavy atom. The average molecular weight is 240 g/mol. The van der Waals surface area contributed by atoms with E-state index in [1.54, 1.807) is 0 Å². The fraction of sp³-hybridized carbons (Fsp3) is 0.273. The molecule has 1 N–H and O–H groups in total. The Morgan fingerprint density at radius 3 is 1.88 bits per heavy atom. The van der Waals surface area contributed by atoms with Crippen LogP contribution in [-0.4, -0.2) is 38.4 Å². The second kappa shape index (κ2) is 5.20. The van der Waals surface area contributed by atoms with E-state index < -0.39 is 11.9 Å². The lowest BCUT2D eigenvalue weighted by Gasteiger charge is -2.10. The summed E-state index contributed by atoms with van der Waals surface area (Å²) in [6.45, 7) is 0. The van der Waals surface area contributed by atoms with Crippen molar-refractivity contribution >= 4 is 11.9 Å². The minimum atomic E-state index is -0.747. The standard InChI is InChI=1S/C11H12O6/c1-15-9-5-7(11(14)17-3)6(4-8(9)12)10(13)16-2/h4-5,12H,1-3H3. The van der Waals surface area contributed by atoms with Crippen LogP contribution in [0.5, 0.6) is 11.5 Å². The molecule has 0 aliphatic heterocycles. The predicted molar refractivity (Wildman–Crippen MR) is 57.3 cm³/mol. The van der Waals surface area contributed by atoms with Gasteiger partial charge in [-0.3, -0.25) is 0 Å². The van der Waals surface area contributed by atoms with E-state index in [4.69, 9.17) is 4.74 Å². The molecule has 0 heterocycles. The first-order valence-electron chi connectivity index (χ1n) is 4.62. The third-order valence-corrected chi connectivity index (χ3v) is 2.13. The van der Waals surface area contributed by atoms with Crippen LogP contribution in [0.15, 0.2) is 12.1 Å². The number of carbonyl (C=O) groups is 2. The first kappa shape index (κ1) is 12.8. The molecule has 0 radical (unpaired) electrons. The molecular weight excluding hydrogens is 228 g/mol. The molecule has 0 bridgehead atoms. The molecule has 0 spiro atoms. The zero-order chi connectivity index (χ0) is 13.0. The minimum absolute atomic E-state index is 0.0333. The maximum Gasteiger partial charge on any atom is 0.338 e. The van der Waals surface area contributed by atoms with Crippen molar-refractivity contribution in [1.82, 2.24) is 0 Å². The summed E-state index contributed by atoms with van der Waals surface area (Å²) in [6, 6.07) is 2.31. The number of phenolic OH excluding ortho intramolecular Hbond substituents is 1. The molecule has 17 heavy (non-hydrogen) atoms. The SMILES string of the molecule is COC(=O)c1cc(O)c(OC)cc1C(=O)OC. The van der Waals surface area contributed by atoms with Gasteiger partial charge in [0.05, 0.1) is 32.5 Å². The molecule has 1 aromatic rings. The van der Waals surface area contributed by atoms with Gasteiger partial charge in [0.25, 0.3) is 0 Å². The van der Waals surface area contributed by atoms with Gasteiger partial charge >= 0.3 is 11.9 Å². The van der Waals surface area contributed by atoms with Crippen molar-refractivity contribution in [3.63, 3.8) is 0 Å². The number of aromatic hydroxyl groups is 1. The zero-order valence-electron chi connectivity index (χ0n) is 9.64. The quantitative estimate of drug-likeness (QED) is 0.793. The Hall–Kier alpha value is -2.24. The maximum atomic E-state index is 11.5. The van der Waals surface area contributed by atoms with E-state index >= 15 is 0 Å². The molecule has 0 atom stereocenters. The second-order valence-corrected chi connectivity index (χ2v) is 3.05. The van der Waals surface area contributed by atoms with Crippen LogP contribution >= 0.6 is 0 Å². The van der Waals surface area contributed by atoms with Gasteiger partial charge in [0.2, 0.25) is 0 Å². The monoisotopic (exact) mass is 240 g/mol. The van der Waals surface area contributed by atoms with E-state index in [0.717, 1.165) is 6.07 Å². The highest BCUT2D eigenvalue weighted by molar-refractivity contribution is 6.04. The molecule has 0 aromatic heterocycles. The van der Waals surface area contributed by atoms with Crippen molar-refractivity contribution in [2.24, 2.45) is 0 Å². The largest absolute Gasteiger partial charge is 0.504 e. The molecule has 0 unspecified atom stereocenters. The van der Waals surface area contributed by atoms with Crippen molar-refractivity contribution in [1.29, 1.82) is 0 Å². The van der Waals surface area contributed by atoms with Crippen molar-refractivity contribution in [3.8, 4) is 11.5 Å². The van der Waals surface area contributed by atoms with Gasteiger partial charge in [-0.05, 0) is 12.1 Å². The molecule has 0 saturated heterocycles. The summed E-state index contributed by atoms with van der Waals surface area (Å²) in [6.07, 6.45) is 0. The minimum Gasteiger partial charge on any atom is -0.504 e. The highest BCUT2D eigenvalue weighted by Crippen LogP contribution is 2.30. The molecule has 6 nitrogen and oxygen atoms in total. The number of methoxy groups -OCH3 is 3. The van der Waals surface area contributed by atoms with Gasteiger partial charge in [0.15, 0.2) is 11.5 Å². The highest BCUT2D eigenvalue weighted by Gasteiger charge is 2.21. The number of benzene rings is 1. The summed E-state index contributed by atoms with van der Waals surface area (Å²) in [5.74, 6) is -1.66. The normalized spacial score (nSPS) is 9.59. The summed E-state index contributed by atoms with van der Waals surface area (Å²) < 4.78 is 13.9. The van der Waals surface area contributed by atoms with Crippen LogP contribution in [0.4, 0.5) is 0 Å². The molecule has 0 fully saturated rings. The number of ether oxygens (including phenoxy) is 3. The van der Waals surface area contributed by atoms with Crippen LogP contribution in [0.1, 0.15) is 20.7 Å². The summed E-state index contributed by atoms with van der Waals surface area (Å²) in [5.41, 5.74) is -0.119. The summed E-state index contributed by atoms with van der Waals surface area (Å²) in [5, 5.41) is 9.53. The van der Waals surface area contributed by atoms with Gasteiger partial charge < -0.3 is 19.3 Å². The van der Waals surface area contributed by atoms with Crippen molar-refractivity contribution in [3.05, 3.63) is 23.3 Å². The number of hydrogen-bond donors (Lipinski definition) is 1. The third kappa shape index (κ3) is 2.47. The van der Waals surface area contributed by atoms with Crippen LogP contribution in [0, 0.1) is 0 Å². The topological polar surface area (TPSA) is 82.1 Å². The average Bonchev–Trinajstić information content (AvgIpc) is 2.36. The van der Waals surface area contributed by atoms with Crippen LogP contribution < -0.4 is 4.74 Å². The van der Waals surface area contributed by atoms with Crippen LogP contribution in [-0.2, 0) is 9.47 Å². The van der Waals surface area contributed by atoms with Gasteiger partial charge in [-0.25, -0.2) is 9.59 Å². The number of esters is 2. The van der Waals surface area contributed by atoms with Gasteiger partial charge in [0.1, 0.15) is 0 Å². The first-order valence-corrected chi connectivity index (χ1v) is 4.62. The number of carbonyl (C=O) groups excluding carboxylic acids is 2. The molecule has 92 valence electrons. The van der Waals surface area contributed by atoms with Crippen LogP contribution in [0.25, 0.3) is 0 Å². The predicted octanol–water partition coefficient (Wildman–Crippen LogP) is 0.974. The van der Waals surface area contributed by atoms with Crippen LogP contribution in [0.3, 0.4) is 0 Å². The lowest BCUT2D eigenvalue weighted by atomic mass is 10.1. The molecule has 0 aliphatic carbocycles. The van der Waals surface area contributed by atoms with E-state index in [-0.39, 0.29) is 22.6 Å². The van der Waals surface area contributed by atoms with Crippen molar-refractivity contribution in [2.45, 2.75) is 0 Å². The van der Waals surface area contributed by atoms with E-state index in [1.807, 2.05) is 0 Å². The lowest BCUT2D eigenvalue weighted by molar-refractivity contribution is 0.0554. The lowest BCUT2D eigenvalue weighted by Crippen LogP contribution is -2.12. The fourth-order valence-corrected chi connectivity index (χ4v) is 1.29. The number of hydrogen-bond acceptors (Lipinski definition) is 6. The number of rotatable bonds is 3. The van der Waals surface area contributed by atoms with Gasteiger partial charge in [-0.1, -0.05) is 0 Å². The maximum absolute atomic E-state index is 11.5. The first-order chi connectivity index (χ1) is 8.04. The van der Waals surface area contributed by atoms with Crippen LogP contribution in [0.2, 0.25) is 0 Å². The Balaban J connectivity index is 3.41. The Bertz CT molecular complexity index is 452. The second-order valence-electron chi connectivity index (χ2n) is 3.05. The molecule has 6 heteroatoms. The summed E-state index contributed by atoms with van der Waals surface area (Å²) in [4.78, 5) is 22.9. The third-order valence-electron chi connectivity index (χ3n) is 2.13. The molecule has 0 amide bonds. The Kier molecular flexibility index (Phi) is 3.92. The Morgan fingerprint density at radius 2 is 1.47 bits per heavy atom. The van der Waals surface area contributed by atoms with Gasteiger partial charge in [-0.15, -0.1) is 0 Å². The molecular formula is C11H12O6. The summed E-state index contributed by atoms with van der Waals surface area (Å²) in [7, 11) is 3.68. The smallest absolute Gasteiger partial charge is 0.338 e. The highest BCUT2D eigenvalue weighted by atomic mass is 16.5. The van der Waals surface area contributed by atoms with E-state index in [2.05, 4.69) is 9.47 Å². The van der Waals surface area contributed by atoms with E-state index in [1.165, 1.54) is 27.4 Å². The molecule has 0 aliphatic rings. The van der Waals surface area contributed by atoms with E-state index in [0.29, 0.717) is 0 Å². The van der Waals surface area contributed by atoms with E-state index in [9.17, 15) is 14.7 Å². The van der Waals surface area contributed by atoms with Gasteiger partial charge in [0, 0.05) is 0 Å². The molecule has 1 aromatic carbocycles. The Labute approximate surface area is 97.7 Å².